The zero-order chi connectivity index (χ0) is 36.3. The summed E-state index contributed by atoms with van der Waals surface area (Å²) in [6.45, 7) is 6.17. The van der Waals surface area contributed by atoms with Crippen molar-refractivity contribution in [2.75, 3.05) is 0 Å². The maximum Gasteiger partial charge on any atom is 0.142 e. The van der Waals surface area contributed by atoms with Crippen LogP contribution in [0.2, 0.25) is 0 Å². The Labute approximate surface area is 313 Å². The molecule has 258 valence electrons. The largest absolute Gasteiger partial charge is 0.460 e. The molecule has 0 amide bonds. The third-order valence-corrected chi connectivity index (χ3v) is 10.7. The highest BCUT2D eigenvalue weighted by Crippen LogP contribution is 2.46. The van der Waals surface area contributed by atoms with Crippen LogP contribution in [0.5, 0.6) is 0 Å². The second kappa shape index (κ2) is 12.7. The summed E-state index contributed by atoms with van der Waals surface area (Å²) in [7, 11) is 0. The van der Waals surface area contributed by atoms with Crippen molar-refractivity contribution in [3.8, 4) is 66.8 Å². The predicted octanol–water partition coefficient (Wildman–Crippen LogP) is 14.9. The Morgan fingerprint density at radius 2 is 0.556 bits per heavy atom. The molecule has 0 atom stereocenters. The van der Waals surface area contributed by atoms with Crippen molar-refractivity contribution in [2.24, 2.45) is 0 Å². The van der Waals surface area contributed by atoms with Gasteiger partial charge in [-0.1, -0.05) is 146 Å². The van der Waals surface area contributed by atoms with Crippen LogP contribution < -0.4 is 0 Å². The van der Waals surface area contributed by atoms with Gasteiger partial charge in [0.1, 0.15) is 34.0 Å². The molecule has 0 aliphatic carbocycles. The maximum absolute atomic E-state index is 6.67. The summed E-state index contributed by atoms with van der Waals surface area (Å²) in [6.07, 6.45) is 0. The molecule has 3 aromatic heterocycles. The fourth-order valence-corrected chi connectivity index (χ4v) is 8.38. The molecule has 0 saturated carbocycles. The average Bonchev–Trinajstić information content (AvgIpc) is 3.86. The molecule has 0 spiro atoms. The minimum absolute atomic E-state index is 0.869. The minimum atomic E-state index is 0.869. The van der Waals surface area contributed by atoms with E-state index in [1.165, 1.54) is 0 Å². The predicted molar refractivity (Wildman–Crippen MR) is 223 cm³/mol. The summed E-state index contributed by atoms with van der Waals surface area (Å²) in [4.78, 5) is 0. The number of hydrogen-bond donors (Lipinski definition) is 0. The fourth-order valence-electron chi connectivity index (χ4n) is 8.38. The lowest BCUT2D eigenvalue weighted by Crippen LogP contribution is -1.88. The van der Waals surface area contributed by atoms with Gasteiger partial charge in [0.15, 0.2) is 0 Å². The molecular weight excluding hydrogens is 661 g/mol. The van der Waals surface area contributed by atoms with Gasteiger partial charge in [-0.15, -0.1) is 0 Å². The standard InChI is InChI=1S/C51H36O3/c1-31-46(34-16-7-4-8-17-34)43-25-13-22-40(49(43)52-31)37-28-38(41-23-14-26-44-47(32(2)53-50(41)44)35-18-9-5-10-19-35)30-39(29-37)42-24-15-27-45-48(33(3)54-51(42)45)36-20-11-6-12-21-36/h4-30H,1-3H3. The summed E-state index contributed by atoms with van der Waals surface area (Å²) in [5.74, 6) is 2.69. The second-order valence-electron chi connectivity index (χ2n) is 14.0. The van der Waals surface area contributed by atoms with E-state index in [0.717, 1.165) is 117 Å². The number of rotatable bonds is 6. The second-order valence-corrected chi connectivity index (χ2v) is 14.0. The molecule has 10 rings (SSSR count). The van der Waals surface area contributed by atoms with Crippen LogP contribution in [0.1, 0.15) is 17.3 Å². The molecule has 0 saturated heterocycles. The summed E-state index contributed by atoms with van der Waals surface area (Å²) >= 11 is 0. The summed E-state index contributed by atoms with van der Waals surface area (Å²) in [5, 5.41) is 3.28. The Morgan fingerprint density at radius 3 is 0.833 bits per heavy atom. The molecule has 3 heteroatoms. The van der Waals surface area contributed by atoms with Crippen LogP contribution in [-0.2, 0) is 0 Å². The van der Waals surface area contributed by atoms with E-state index in [-0.39, 0.29) is 0 Å². The first-order valence-corrected chi connectivity index (χ1v) is 18.4. The first kappa shape index (κ1) is 31.9. The van der Waals surface area contributed by atoms with Gasteiger partial charge in [-0.05, 0) is 72.4 Å². The topological polar surface area (TPSA) is 39.4 Å². The molecule has 7 aromatic carbocycles. The molecule has 0 N–H and O–H groups in total. The van der Waals surface area contributed by atoms with E-state index in [1.54, 1.807) is 0 Å². The van der Waals surface area contributed by atoms with Crippen molar-refractivity contribution in [3.05, 3.63) is 181 Å². The van der Waals surface area contributed by atoms with Crippen molar-refractivity contribution in [1.29, 1.82) is 0 Å². The van der Waals surface area contributed by atoms with Crippen molar-refractivity contribution in [2.45, 2.75) is 20.8 Å². The molecule has 54 heavy (non-hydrogen) atoms. The van der Waals surface area contributed by atoms with Gasteiger partial charge in [-0.3, -0.25) is 0 Å². The van der Waals surface area contributed by atoms with E-state index < -0.39 is 0 Å². The Balaban J connectivity index is 1.24. The van der Waals surface area contributed by atoms with Crippen molar-refractivity contribution < 1.29 is 13.3 Å². The van der Waals surface area contributed by atoms with Crippen LogP contribution in [-0.4, -0.2) is 0 Å². The van der Waals surface area contributed by atoms with Crippen molar-refractivity contribution in [1.82, 2.24) is 0 Å². The Hall–Kier alpha value is -6.84. The number of aryl methyl sites for hydroxylation is 3. The molecule has 3 nitrogen and oxygen atoms in total. The summed E-state index contributed by atoms with van der Waals surface area (Å²) < 4.78 is 20.0. The van der Waals surface area contributed by atoms with Gasteiger partial charge in [0, 0.05) is 49.5 Å². The van der Waals surface area contributed by atoms with Crippen LogP contribution >= 0.6 is 0 Å². The lowest BCUT2D eigenvalue weighted by Gasteiger charge is -2.13. The van der Waals surface area contributed by atoms with Gasteiger partial charge in [0.05, 0.1) is 0 Å². The summed E-state index contributed by atoms with van der Waals surface area (Å²) in [5.41, 5.74) is 15.6. The Morgan fingerprint density at radius 1 is 0.278 bits per heavy atom. The number of hydrogen-bond acceptors (Lipinski definition) is 3. The van der Waals surface area contributed by atoms with Gasteiger partial charge in [-0.2, -0.15) is 0 Å². The molecule has 0 unspecified atom stereocenters. The third-order valence-electron chi connectivity index (χ3n) is 10.7. The van der Waals surface area contributed by atoms with Crippen molar-refractivity contribution in [3.63, 3.8) is 0 Å². The first-order chi connectivity index (χ1) is 26.5. The smallest absolute Gasteiger partial charge is 0.142 e. The van der Waals surface area contributed by atoms with Crippen LogP contribution in [0.25, 0.3) is 99.7 Å². The lowest BCUT2D eigenvalue weighted by atomic mass is 9.90. The molecule has 0 aliphatic heterocycles. The average molecular weight is 697 g/mol. The van der Waals surface area contributed by atoms with Crippen LogP contribution in [0.4, 0.5) is 0 Å². The van der Waals surface area contributed by atoms with Gasteiger partial charge < -0.3 is 13.3 Å². The highest BCUT2D eigenvalue weighted by Gasteiger charge is 2.22. The van der Waals surface area contributed by atoms with E-state index in [9.17, 15) is 0 Å². The van der Waals surface area contributed by atoms with E-state index in [2.05, 4.69) is 166 Å². The normalized spacial score (nSPS) is 11.6. The lowest BCUT2D eigenvalue weighted by molar-refractivity contribution is 0.580. The SMILES string of the molecule is Cc1oc2c(-c3cc(-c4cccc5c(-c6ccccc6)c(C)oc45)cc(-c4cccc5c(-c6ccccc6)c(C)oc45)c3)cccc2c1-c1ccccc1. The number of para-hydroxylation sites is 3. The monoisotopic (exact) mass is 696 g/mol. The van der Waals surface area contributed by atoms with Gasteiger partial charge in [-0.25, -0.2) is 0 Å². The van der Waals surface area contributed by atoms with E-state index in [0.29, 0.717) is 0 Å². The number of fused-ring (bicyclic) bond motifs is 3. The first-order valence-electron chi connectivity index (χ1n) is 18.4. The molecule has 10 aromatic rings. The van der Waals surface area contributed by atoms with Gasteiger partial charge in [0.25, 0.3) is 0 Å². The van der Waals surface area contributed by atoms with Crippen LogP contribution in [0.3, 0.4) is 0 Å². The number of furan rings is 3. The molecule has 0 bridgehead atoms. The Bertz CT molecular complexity index is 2660. The highest BCUT2D eigenvalue weighted by atomic mass is 16.3. The Kier molecular flexibility index (Phi) is 7.48. The third kappa shape index (κ3) is 5.12. The highest BCUT2D eigenvalue weighted by molar-refractivity contribution is 6.08. The molecular formula is C51H36O3. The van der Waals surface area contributed by atoms with E-state index >= 15 is 0 Å². The molecule has 3 heterocycles. The van der Waals surface area contributed by atoms with Gasteiger partial charge >= 0.3 is 0 Å². The zero-order valence-corrected chi connectivity index (χ0v) is 30.3. The molecule has 0 aliphatic rings. The fraction of sp³-hybridized carbons (Fsp3) is 0.0588. The maximum atomic E-state index is 6.67. The molecule has 0 radical (unpaired) electrons. The quantitative estimate of drug-likeness (QED) is 0.174. The van der Waals surface area contributed by atoms with E-state index in [4.69, 9.17) is 13.3 Å². The van der Waals surface area contributed by atoms with Crippen LogP contribution in [0.15, 0.2) is 177 Å². The molecule has 0 fully saturated rings. The van der Waals surface area contributed by atoms with E-state index in [1.807, 2.05) is 18.2 Å². The van der Waals surface area contributed by atoms with Gasteiger partial charge in [0.2, 0.25) is 0 Å². The summed E-state index contributed by atoms with van der Waals surface area (Å²) in [6, 6.07) is 57.7. The zero-order valence-electron chi connectivity index (χ0n) is 30.3. The van der Waals surface area contributed by atoms with Crippen LogP contribution in [0, 0.1) is 20.8 Å². The minimum Gasteiger partial charge on any atom is -0.460 e. The number of benzene rings is 7. The van der Waals surface area contributed by atoms with Crippen molar-refractivity contribution >= 4 is 32.9 Å².